The lowest BCUT2D eigenvalue weighted by atomic mass is 9.89. The van der Waals surface area contributed by atoms with Crippen LogP contribution in [0.3, 0.4) is 0 Å². The van der Waals surface area contributed by atoms with E-state index in [1.54, 1.807) is 38.1 Å². The third-order valence-corrected chi connectivity index (χ3v) is 2.53. The van der Waals surface area contributed by atoms with Gasteiger partial charge in [-0.1, -0.05) is 50.8 Å². The van der Waals surface area contributed by atoms with Gasteiger partial charge in [0.2, 0.25) is 0 Å². The van der Waals surface area contributed by atoms with Gasteiger partial charge in [0.25, 0.3) is 0 Å². The van der Waals surface area contributed by atoms with Crippen molar-refractivity contribution < 1.29 is 14.6 Å². The Kier molecular flexibility index (Phi) is 4.97. The van der Waals surface area contributed by atoms with Crippen molar-refractivity contribution in [3.8, 4) is 11.8 Å². The van der Waals surface area contributed by atoms with Crippen LogP contribution in [0.4, 0.5) is 0 Å². The number of esters is 1. The van der Waals surface area contributed by atoms with Crippen molar-refractivity contribution in [1.29, 1.82) is 0 Å². The molecule has 0 fully saturated rings. The molecule has 0 aliphatic heterocycles. The second kappa shape index (κ2) is 6.11. The molecule has 1 aromatic rings. The SMILES string of the molecule is CC(C)(O)C#C[C@@H](OC(=O)c1ccccc1)C(C)(C)C. The highest BCUT2D eigenvalue weighted by Crippen LogP contribution is 2.23. The van der Waals surface area contributed by atoms with Crippen molar-refractivity contribution in [3.05, 3.63) is 35.9 Å². The molecular weight excluding hydrogens is 252 g/mol. The molecule has 20 heavy (non-hydrogen) atoms. The number of rotatable bonds is 2. The first-order valence-electron chi connectivity index (χ1n) is 6.61. The molecule has 0 aliphatic rings. The molecule has 0 spiro atoms. The summed E-state index contributed by atoms with van der Waals surface area (Å²) in [5, 5.41) is 9.67. The number of hydrogen-bond acceptors (Lipinski definition) is 3. The Labute approximate surface area is 121 Å². The van der Waals surface area contributed by atoms with Crippen molar-refractivity contribution >= 4 is 5.97 Å². The average Bonchev–Trinajstić information content (AvgIpc) is 2.32. The topological polar surface area (TPSA) is 46.5 Å². The zero-order valence-electron chi connectivity index (χ0n) is 12.7. The summed E-state index contributed by atoms with van der Waals surface area (Å²) in [7, 11) is 0. The molecule has 0 radical (unpaired) electrons. The predicted octanol–water partition coefficient (Wildman–Crippen LogP) is 3.03. The molecule has 0 saturated heterocycles. The lowest BCUT2D eigenvalue weighted by Crippen LogP contribution is -2.31. The Morgan fingerprint density at radius 3 is 2.15 bits per heavy atom. The molecular formula is C17H22O3. The Morgan fingerprint density at radius 2 is 1.70 bits per heavy atom. The monoisotopic (exact) mass is 274 g/mol. The minimum atomic E-state index is -1.11. The normalized spacial score (nSPS) is 13.1. The first-order chi connectivity index (χ1) is 9.09. The Morgan fingerprint density at radius 1 is 1.15 bits per heavy atom. The number of carbonyl (C=O) groups excluding carboxylic acids is 1. The third-order valence-electron chi connectivity index (χ3n) is 2.53. The van der Waals surface area contributed by atoms with Crippen molar-refractivity contribution in [2.45, 2.75) is 46.3 Å². The maximum atomic E-state index is 12.1. The van der Waals surface area contributed by atoms with E-state index in [2.05, 4.69) is 11.8 Å². The molecule has 1 atom stereocenters. The van der Waals surface area contributed by atoms with E-state index < -0.39 is 17.7 Å². The van der Waals surface area contributed by atoms with E-state index in [1.807, 2.05) is 26.8 Å². The van der Waals surface area contributed by atoms with Crippen molar-refractivity contribution in [1.82, 2.24) is 0 Å². The van der Waals surface area contributed by atoms with Crippen LogP contribution in [-0.2, 0) is 4.74 Å². The van der Waals surface area contributed by atoms with Gasteiger partial charge in [0.1, 0.15) is 5.60 Å². The van der Waals surface area contributed by atoms with Crippen LogP contribution in [0.5, 0.6) is 0 Å². The molecule has 3 nitrogen and oxygen atoms in total. The Hall–Kier alpha value is -1.79. The molecule has 108 valence electrons. The van der Waals surface area contributed by atoms with E-state index in [0.717, 1.165) is 0 Å². The summed E-state index contributed by atoms with van der Waals surface area (Å²) in [6, 6.07) is 8.80. The Balaban J connectivity index is 2.91. The molecule has 1 aromatic carbocycles. The summed E-state index contributed by atoms with van der Waals surface area (Å²) in [5.74, 6) is 5.16. The summed E-state index contributed by atoms with van der Waals surface area (Å²) in [6.45, 7) is 9.01. The second-order valence-electron chi connectivity index (χ2n) is 6.35. The summed E-state index contributed by atoms with van der Waals surface area (Å²) in [6.07, 6.45) is -0.582. The van der Waals surface area contributed by atoms with Gasteiger partial charge in [-0.05, 0) is 26.0 Å². The minimum absolute atomic E-state index is 0.331. The molecule has 0 aliphatic carbocycles. The maximum Gasteiger partial charge on any atom is 0.339 e. The number of hydrogen-bond donors (Lipinski definition) is 1. The standard InChI is InChI=1S/C17H22O3/c1-16(2,3)14(11-12-17(4,5)19)20-15(18)13-9-7-6-8-10-13/h6-10,14,19H,1-5H3/t14-/m1/s1. The van der Waals surface area contributed by atoms with Crippen LogP contribution >= 0.6 is 0 Å². The fraction of sp³-hybridized carbons (Fsp3) is 0.471. The molecule has 0 saturated carbocycles. The molecule has 0 bridgehead atoms. The van der Waals surface area contributed by atoms with Gasteiger partial charge in [0, 0.05) is 5.41 Å². The average molecular weight is 274 g/mol. The summed E-state index contributed by atoms with van der Waals surface area (Å²) in [5.41, 5.74) is -0.947. The van der Waals surface area contributed by atoms with Gasteiger partial charge in [-0.3, -0.25) is 0 Å². The van der Waals surface area contributed by atoms with Crippen LogP contribution in [0.2, 0.25) is 0 Å². The van der Waals surface area contributed by atoms with E-state index in [-0.39, 0.29) is 5.41 Å². The molecule has 1 N–H and O–H groups in total. The van der Waals surface area contributed by atoms with Gasteiger partial charge in [0.15, 0.2) is 6.10 Å². The van der Waals surface area contributed by atoms with Gasteiger partial charge in [0.05, 0.1) is 5.56 Å². The summed E-state index contributed by atoms with van der Waals surface area (Å²) >= 11 is 0. The van der Waals surface area contributed by atoms with E-state index in [9.17, 15) is 9.90 Å². The van der Waals surface area contributed by atoms with Crippen LogP contribution < -0.4 is 0 Å². The van der Waals surface area contributed by atoms with E-state index in [1.165, 1.54) is 0 Å². The highest BCUT2D eigenvalue weighted by atomic mass is 16.5. The maximum absolute atomic E-state index is 12.1. The fourth-order valence-electron chi connectivity index (χ4n) is 1.41. The van der Waals surface area contributed by atoms with Gasteiger partial charge in [-0.25, -0.2) is 4.79 Å². The molecule has 1 rings (SSSR count). The highest BCUT2D eigenvalue weighted by molar-refractivity contribution is 5.89. The summed E-state index contributed by atoms with van der Waals surface area (Å²) < 4.78 is 5.47. The largest absolute Gasteiger partial charge is 0.445 e. The quantitative estimate of drug-likeness (QED) is 0.666. The van der Waals surface area contributed by atoms with Crippen LogP contribution in [0.15, 0.2) is 30.3 Å². The van der Waals surface area contributed by atoms with Crippen molar-refractivity contribution in [3.63, 3.8) is 0 Å². The zero-order valence-corrected chi connectivity index (χ0v) is 12.7. The zero-order chi connectivity index (χ0) is 15.4. The molecule has 0 aromatic heterocycles. The third kappa shape index (κ3) is 5.46. The number of ether oxygens (including phenoxy) is 1. The summed E-state index contributed by atoms with van der Waals surface area (Å²) in [4.78, 5) is 12.1. The van der Waals surface area contributed by atoms with E-state index >= 15 is 0 Å². The fourth-order valence-corrected chi connectivity index (χ4v) is 1.41. The van der Waals surface area contributed by atoms with Gasteiger partial charge in [-0.2, -0.15) is 0 Å². The molecule has 0 unspecified atom stereocenters. The van der Waals surface area contributed by atoms with Crippen LogP contribution in [-0.4, -0.2) is 22.8 Å². The van der Waals surface area contributed by atoms with Gasteiger partial charge < -0.3 is 9.84 Å². The first kappa shape index (κ1) is 16.3. The first-order valence-corrected chi connectivity index (χ1v) is 6.61. The lowest BCUT2D eigenvalue weighted by Gasteiger charge is -2.26. The number of aliphatic hydroxyl groups is 1. The van der Waals surface area contributed by atoms with Crippen molar-refractivity contribution in [2.75, 3.05) is 0 Å². The number of carbonyl (C=O) groups is 1. The Bertz CT molecular complexity index is 507. The van der Waals surface area contributed by atoms with Gasteiger partial charge in [-0.15, -0.1) is 0 Å². The minimum Gasteiger partial charge on any atom is -0.445 e. The van der Waals surface area contributed by atoms with Crippen LogP contribution in [0, 0.1) is 17.3 Å². The van der Waals surface area contributed by atoms with Gasteiger partial charge >= 0.3 is 5.97 Å². The van der Waals surface area contributed by atoms with E-state index in [0.29, 0.717) is 5.56 Å². The second-order valence-corrected chi connectivity index (χ2v) is 6.35. The molecule has 3 heteroatoms. The van der Waals surface area contributed by atoms with E-state index in [4.69, 9.17) is 4.74 Å². The van der Waals surface area contributed by atoms with Crippen LogP contribution in [0.25, 0.3) is 0 Å². The smallest absolute Gasteiger partial charge is 0.339 e. The highest BCUT2D eigenvalue weighted by Gasteiger charge is 2.27. The molecule has 0 heterocycles. The lowest BCUT2D eigenvalue weighted by molar-refractivity contribution is 0.0176. The van der Waals surface area contributed by atoms with Crippen molar-refractivity contribution in [2.24, 2.45) is 5.41 Å². The van der Waals surface area contributed by atoms with Crippen LogP contribution in [0.1, 0.15) is 45.0 Å². The predicted molar refractivity (Wildman–Crippen MR) is 79.2 cm³/mol. The number of benzene rings is 1. The molecule has 0 amide bonds.